The number of amides is 2. The number of anilines is 1. The van der Waals surface area contributed by atoms with E-state index in [1.807, 2.05) is 24.3 Å². The van der Waals surface area contributed by atoms with Gasteiger partial charge >= 0.3 is 6.03 Å². The summed E-state index contributed by atoms with van der Waals surface area (Å²) in [6.45, 7) is 5.73. The van der Waals surface area contributed by atoms with E-state index in [2.05, 4.69) is 36.8 Å². The van der Waals surface area contributed by atoms with E-state index in [4.69, 9.17) is 0 Å². The highest BCUT2D eigenvalue weighted by Crippen LogP contribution is 2.15. The van der Waals surface area contributed by atoms with Crippen LogP contribution in [0, 0.1) is 0 Å². The largest absolute Gasteiger partial charge is 0.337 e. The first kappa shape index (κ1) is 14.3. The van der Waals surface area contributed by atoms with Gasteiger partial charge in [-0.05, 0) is 18.2 Å². The van der Waals surface area contributed by atoms with E-state index in [0.717, 1.165) is 42.9 Å². The highest BCUT2D eigenvalue weighted by atomic mass is 79.9. The van der Waals surface area contributed by atoms with Crippen LogP contribution < -0.4 is 16.0 Å². The molecule has 0 aromatic heterocycles. The highest BCUT2D eigenvalue weighted by Gasteiger charge is 2.09. The molecule has 0 spiro atoms. The first-order valence-electron chi connectivity index (χ1n) is 6.47. The maximum absolute atomic E-state index is 11.7. The average Bonchev–Trinajstić information content (AvgIpc) is 2.40. The molecule has 1 aliphatic rings. The number of nitrogens with zero attached hydrogens (tertiary/aromatic N) is 1. The van der Waals surface area contributed by atoms with Gasteiger partial charge in [0.05, 0.1) is 0 Å². The monoisotopic (exact) mass is 326 g/mol. The molecule has 1 fully saturated rings. The number of piperazine rings is 1. The van der Waals surface area contributed by atoms with Crippen molar-refractivity contribution < 1.29 is 4.79 Å². The van der Waals surface area contributed by atoms with Gasteiger partial charge in [0.25, 0.3) is 0 Å². The predicted octanol–water partition coefficient (Wildman–Crippen LogP) is 1.48. The van der Waals surface area contributed by atoms with Gasteiger partial charge in [0, 0.05) is 49.4 Å². The molecule has 1 aliphatic heterocycles. The normalized spacial score (nSPS) is 16.1. The predicted molar refractivity (Wildman–Crippen MR) is 80.5 cm³/mol. The molecule has 6 heteroatoms. The van der Waals surface area contributed by atoms with Crippen molar-refractivity contribution in [3.8, 4) is 0 Å². The topological polar surface area (TPSA) is 56.4 Å². The summed E-state index contributed by atoms with van der Waals surface area (Å²) < 4.78 is 0.950. The van der Waals surface area contributed by atoms with Crippen LogP contribution in [-0.4, -0.2) is 50.2 Å². The molecule has 0 aliphatic carbocycles. The lowest BCUT2D eigenvalue weighted by Crippen LogP contribution is -2.46. The summed E-state index contributed by atoms with van der Waals surface area (Å²) in [7, 11) is 0. The molecule has 1 heterocycles. The van der Waals surface area contributed by atoms with Crippen LogP contribution in [0.2, 0.25) is 0 Å². The molecule has 0 bridgehead atoms. The molecule has 0 radical (unpaired) electrons. The second-order valence-corrected chi connectivity index (χ2v) is 5.40. The van der Waals surface area contributed by atoms with Crippen molar-refractivity contribution in [3.63, 3.8) is 0 Å². The fraction of sp³-hybridized carbons (Fsp3) is 0.462. The maximum Gasteiger partial charge on any atom is 0.319 e. The number of benzene rings is 1. The maximum atomic E-state index is 11.7. The Kier molecular flexibility index (Phi) is 5.62. The fourth-order valence-corrected chi connectivity index (χ4v) is 2.40. The van der Waals surface area contributed by atoms with Gasteiger partial charge < -0.3 is 16.0 Å². The van der Waals surface area contributed by atoms with Gasteiger partial charge in [0.1, 0.15) is 0 Å². The lowest BCUT2D eigenvalue weighted by molar-refractivity contribution is 0.233. The zero-order chi connectivity index (χ0) is 13.5. The zero-order valence-corrected chi connectivity index (χ0v) is 12.4. The van der Waals surface area contributed by atoms with E-state index >= 15 is 0 Å². The molecule has 0 unspecified atom stereocenters. The van der Waals surface area contributed by atoms with Crippen LogP contribution in [0.5, 0.6) is 0 Å². The second kappa shape index (κ2) is 7.47. The fourth-order valence-electron chi connectivity index (χ4n) is 2.00. The summed E-state index contributed by atoms with van der Waals surface area (Å²) in [5.74, 6) is 0. The molecule has 2 amide bonds. The first-order valence-corrected chi connectivity index (χ1v) is 7.27. The van der Waals surface area contributed by atoms with E-state index in [1.54, 1.807) is 0 Å². The van der Waals surface area contributed by atoms with Crippen molar-refractivity contribution in [2.45, 2.75) is 0 Å². The van der Waals surface area contributed by atoms with Gasteiger partial charge in [-0.1, -0.05) is 22.0 Å². The first-order chi connectivity index (χ1) is 9.24. The molecule has 19 heavy (non-hydrogen) atoms. The van der Waals surface area contributed by atoms with Crippen LogP contribution >= 0.6 is 15.9 Å². The zero-order valence-electron chi connectivity index (χ0n) is 10.8. The minimum absolute atomic E-state index is 0.159. The Labute approximate surface area is 121 Å². The third kappa shape index (κ3) is 5.18. The van der Waals surface area contributed by atoms with Crippen LogP contribution in [0.1, 0.15) is 0 Å². The number of halogens is 1. The van der Waals surface area contributed by atoms with Gasteiger partial charge in [-0.25, -0.2) is 4.79 Å². The van der Waals surface area contributed by atoms with Gasteiger partial charge in [0.15, 0.2) is 0 Å². The molecule has 0 saturated carbocycles. The van der Waals surface area contributed by atoms with E-state index < -0.39 is 0 Å². The Hall–Kier alpha value is -1.11. The number of rotatable bonds is 4. The Balaban J connectivity index is 1.67. The van der Waals surface area contributed by atoms with E-state index in [-0.39, 0.29) is 6.03 Å². The van der Waals surface area contributed by atoms with Crippen molar-refractivity contribution in [2.24, 2.45) is 0 Å². The van der Waals surface area contributed by atoms with Gasteiger partial charge in [0.2, 0.25) is 0 Å². The lowest BCUT2D eigenvalue weighted by Gasteiger charge is -2.27. The molecular weight excluding hydrogens is 308 g/mol. The van der Waals surface area contributed by atoms with Crippen molar-refractivity contribution in [1.29, 1.82) is 0 Å². The van der Waals surface area contributed by atoms with Crippen LogP contribution in [0.3, 0.4) is 0 Å². The minimum atomic E-state index is -0.159. The third-order valence-corrected chi connectivity index (χ3v) is 3.50. The molecule has 0 atom stereocenters. The Bertz CT molecular complexity index is 421. The molecule has 3 N–H and O–H groups in total. The van der Waals surface area contributed by atoms with Crippen LogP contribution in [0.15, 0.2) is 28.7 Å². The standard InChI is InChI=1S/C13H19BrN4O/c14-11-2-1-3-12(10-11)17-13(19)16-6-9-18-7-4-15-5-8-18/h1-3,10,15H,4-9H2,(H2,16,17,19). The van der Waals surface area contributed by atoms with E-state index in [1.165, 1.54) is 0 Å². The van der Waals surface area contributed by atoms with E-state index in [9.17, 15) is 4.79 Å². The summed E-state index contributed by atoms with van der Waals surface area (Å²) in [6.07, 6.45) is 0. The quantitative estimate of drug-likeness (QED) is 0.785. The summed E-state index contributed by atoms with van der Waals surface area (Å²) in [4.78, 5) is 14.0. The third-order valence-electron chi connectivity index (χ3n) is 3.01. The Morgan fingerprint density at radius 3 is 2.89 bits per heavy atom. The van der Waals surface area contributed by atoms with Gasteiger partial charge in [-0.15, -0.1) is 0 Å². The van der Waals surface area contributed by atoms with Gasteiger partial charge in [-0.3, -0.25) is 4.90 Å². The van der Waals surface area contributed by atoms with Crippen molar-refractivity contribution >= 4 is 27.6 Å². The number of urea groups is 1. The molecular formula is C13H19BrN4O. The average molecular weight is 327 g/mol. The highest BCUT2D eigenvalue weighted by molar-refractivity contribution is 9.10. The summed E-state index contributed by atoms with van der Waals surface area (Å²) >= 11 is 3.37. The Morgan fingerprint density at radius 1 is 1.37 bits per heavy atom. The van der Waals surface area contributed by atoms with Crippen LogP contribution in [-0.2, 0) is 0 Å². The molecule has 2 rings (SSSR count). The number of carbonyl (C=O) groups is 1. The number of hydrogen-bond donors (Lipinski definition) is 3. The SMILES string of the molecule is O=C(NCCN1CCNCC1)Nc1cccc(Br)c1. The summed E-state index contributed by atoms with van der Waals surface area (Å²) in [5.41, 5.74) is 0.786. The smallest absolute Gasteiger partial charge is 0.319 e. The lowest BCUT2D eigenvalue weighted by atomic mass is 10.3. The van der Waals surface area contributed by atoms with Crippen molar-refractivity contribution in [1.82, 2.24) is 15.5 Å². The summed E-state index contributed by atoms with van der Waals surface area (Å²) in [5, 5.41) is 8.99. The second-order valence-electron chi connectivity index (χ2n) is 4.48. The Morgan fingerprint density at radius 2 is 2.16 bits per heavy atom. The number of hydrogen-bond acceptors (Lipinski definition) is 3. The number of carbonyl (C=O) groups excluding carboxylic acids is 1. The number of nitrogens with one attached hydrogen (secondary N) is 3. The van der Waals surface area contributed by atoms with Gasteiger partial charge in [-0.2, -0.15) is 0 Å². The van der Waals surface area contributed by atoms with E-state index in [0.29, 0.717) is 6.54 Å². The van der Waals surface area contributed by atoms with Crippen LogP contribution in [0.25, 0.3) is 0 Å². The molecule has 104 valence electrons. The molecule has 1 saturated heterocycles. The van der Waals surface area contributed by atoms with Crippen molar-refractivity contribution in [3.05, 3.63) is 28.7 Å². The molecule has 1 aromatic carbocycles. The molecule has 5 nitrogen and oxygen atoms in total. The minimum Gasteiger partial charge on any atom is -0.337 e. The van der Waals surface area contributed by atoms with Crippen molar-refractivity contribution in [2.75, 3.05) is 44.6 Å². The van der Waals surface area contributed by atoms with Crippen LogP contribution in [0.4, 0.5) is 10.5 Å². The summed E-state index contributed by atoms with van der Waals surface area (Å²) in [6, 6.07) is 7.39. The molecule has 1 aromatic rings.